The van der Waals surface area contributed by atoms with Gasteiger partial charge < -0.3 is 20.1 Å². The SMILES string of the molecule is C=C1N=C(N)C(F)=CN1[C@@H]1CS[C@H](COC)O1. The van der Waals surface area contributed by atoms with Crippen LogP contribution in [0.5, 0.6) is 0 Å². The first-order valence-corrected chi connectivity index (χ1v) is 6.12. The van der Waals surface area contributed by atoms with E-state index in [1.165, 1.54) is 6.20 Å². The molecule has 2 heterocycles. The van der Waals surface area contributed by atoms with Gasteiger partial charge in [0.1, 0.15) is 17.5 Å². The second-order valence-electron chi connectivity index (χ2n) is 3.61. The minimum Gasteiger partial charge on any atom is -0.381 e. The van der Waals surface area contributed by atoms with Crippen molar-refractivity contribution in [3.8, 4) is 0 Å². The number of rotatable bonds is 3. The van der Waals surface area contributed by atoms with E-state index in [-0.39, 0.29) is 17.5 Å². The number of methoxy groups -OCH3 is 1. The fourth-order valence-corrected chi connectivity index (χ4v) is 2.63. The number of thioether (sulfide) groups is 1. The van der Waals surface area contributed by atoms with Crippen LogP contribution in [-0.4, -0.2) is 41.9 Å². The third-order valence-electron chi connectivity index (χ3n) is 2.39. The van der Waals surface area contributed by atoms with E-state index in [4.69, 9.17) is 15.2 Å². The number of hydrogen-bond acceptors (Lipinski definition) is 6. The van der Waals surface area contributed by atoms with Crippen molar-refractivity contribution in [3.63, 3.8) is 0 Å². The van der Waals surface area contributed by atoms with Gasteiger partial charge in [0.2, 0.25) is 0 Å². The number of hydrogen-bond donors (Lipinski definition) is 1. The van der Waals surface area contributed by atoms with Crippen molar-refractivity contribution in [2.75, 3.05) is 19.5 Å². The smallest absolute Gasteiger partial charge is 0.181 e. The summed E-state index contributed by atoms with van der Waals surface area (Å²) in [6.45, 7) is 4.22. The van der Waals surface area contributed by atoms with Gasteiger partial charge in [0.15, 0.2) is 11.7 Å². The molecule has 0 aromatic carbocycles. The average molecular weight is 259 g/mol. The lowest BCUT2D eigenvalue weighted by molar-refractivity contribution is -0.0317. The summed E-state index contributed by atoms with van der Waals surface area (Å²) in [5, 5.41) is 0. The molecule has 0 aromatic heterocycles. The zero-order valence-electron chi connectivity index (χ0n) is 9.43. The van der Waals surface area contributed by atoms with Crippen molar-refractivity contribution in [2.24, 2.45) is 10.7 Å². The van der Waals surface area contributed by atoms with Crippen LogP contribution in [0.4, 0.5) is 4.39 Å². The van der Waals surface area contributed by atoms with Crippen molar-refractivity contribution < 1.29 is 13.9 Å². The molecule has 0 aliphatic carbocycles. The van der Waals surface area contributed by atoms with Gasteiger partial charge in [0.05, 0.1) is 6.61 Å². The largest absolute Gasteiger partial charge is 0.381 e. The first-order valence-electron chi connectivity index (χ1n) is 5.07. The summed E-state index contributed by atoms with van der Waals surface area (Å²) in [6, 6.07) is 0. The monoisotopic (exact) mass is 259 g/mol. The maximum absolute atomic E-state index is 13.3. The summed E-state index contributed by atoms with van der Waals surface area (Å²) in [6.07, 6.45) is 0.987. The van der Waals surface area contributed by atoms with Crippen LogP contribution in [0.3, 0.4) is 0 Å². The summed E-state index contributed by atoms with van der Waals surface area (Å²) in [5.74, 6) is 0.366. The van der Waals surface area contributed by atoms with Gasteiger partial charge in [-0.25, -0.2) is 9.38 Å². The van der Waals surface area contributed by atoms with Crippen LogP contribution in [0.25, 0.3) is 0 Å². The van der Waals surface area contributed by atoms with E-state index in [0.717, 1.165) is 0 Å². The Morgan fingerprint density at radius 2 is 2.59 bits per heavy atom. The zero-order chi connectivity index (χ0) is 12.4. The Balaban J connectivity index is 2.03. The third kappa shape index (κ3) is 2.62. The minimum absolute atomic E-state index is 0.0440. The topological polar surface area (TPSA) is 60.1 Å². The Bertz CT molecular complexity index is 386. The van der Waals surface area contributed by atoms with E-state index in [1.54, 1.807) is 23.8 Å². The lowest BCUT2D eigenvalue weighted by atomic mass is 10.4. The summed E-state index contributed by atoms with van der Waals surface area (Å²) < 4.78 is 24.0. The van der Waals surface area contributed by atoms with E-state index in [9.17, 15) is 4.39 Å². The molecule has 5 nitrogen and oxygen atoms in total. The maximum Gasteiger partial charge on any atom is 0.181 e. The normalized spacial score (nSPS) is 29.3. The maximum atomic E-state index is 13.3. The summed E-state index contributed by atoms with van der Waals surface area (Å²) in [7, 11) is 1.61. The minimum atomic E-state index is -0.568. The number of amidine groups is 1. The predicted molar refractivity (Wildman–Crippen MR) is 64.8 cm³/mol. The average Bonchev–Trinajstić information content (AvgIpc) is 2.72. The molecule has 0 amide bonds. The van der Waals surface area contributed by atoms with Gasteiger partial charge in [0, 0.05) is 19.1 Å². The van der Waals surface area contributed by atoms with Crippen molar-refractivity contribution in [3.05, 3.63) is 24.4 Å². The first-order chi connectivity index (χ1) is 8.11. The van der Waals surface area contributed by atoms with Crippen LogP contribution >= 0.6 is 11.8 Å². The van der Waals surface area contributed by atoms with Crippen LogP contribution in [0.15, 0.2) is 29.4 Å². The van der Waals surface area contributed by atoms with Crippen molar-refractivity contribution >= 4 is 17.6 Å². The van der Waals surface area contributed by atoms with Gasteiger partial charge in [0.25, 0.3) is 0 Å². The molecule has 2 atom stereocenters. The first kappa shape index (κ1) is 12.4. The molecule has 1 saturated heterocycles. The van der Waals surface area contributed by atoms with Gasteiger partial charge in [-0.1, -0.05) is 6.58 Å². The van der Waals surface area contributed by atoms with Crippen LogP contribution in [0.1, 0.15) is 0 Å². The predicted octanol–water partition coefficient (Wildman–Crippen LogP) is 1.00. The van der Waals surface area contributed by atoms with Gasteiger partial charge >= 0.3 is 0 Å². The summed E-state index contributed by atoms with van der Waals surface area (Å²) >= 11 is 1.61. The molecular formula is C10H14FN3O2S. The van der Waals surface area contributed by atoms with Crippen molar-refractivity contribution in [1.82, 2.24) is 4.90 Å². The van der Waals surface area contributed by atoms with E-state index in [1.807, 2.05) is 0 Å². The highest BCUT2D eigenvalue weighted by Gasteiger charge is 2.32. The molecule has 0 unspecified atom stereocenters. The molecule has 0 saturated carbocycles. The summed E-state index contributed by atoms with van der Waals surface area (Å²) in [5.41, 5.74) is 5.31. The Hall–Kier alpha value is -1.05. The Morgan fingerprint density at radius 1 is 1.82 bits per heavy atom. The number of halogens is 1. The van der Waals surface area contributed by atoms with E-state index < -0.39 is 5.83 Å². The molecule has 0 bridgehead atoms. The second-order valence-corrected chi connectivity index (χ2v) is 4.80. The van der Waals surface area contributed by atoms with Gasteiger partial charge in [-0.3, -0.25) is 0 Å². The van der Waals surface area contributed by atoms with Crippen LogP contribution in [0.2, 0.25) is 0 Å². The number of nitrogens with zero attached hydrogens (tertiary/aromatic N) is 2. The zero-order valence-corrected chi connectivity index (χ0v) is 10.2. The lowest BCUT2D eigenvalue weighted by Gasteiger charge is -2.28. The number of aliphatic imine (C=N–C) groups is 1. The molecule has 94 valence electrons. The second kappa shape index (κ2) is 5.07. The van der Waals surface area contributed by atoms with Crippen LogP contribution < -0.4 is 5.73 Å². The van der Waals surface area contributed by atoms with Gasteiger partial charge in [-0.05, 0) is 0 Å². The molecule has 2 N–H and O–H groups in total. The van der Waals surface area contributed by atoms with Gasteiger partial charge in [-0.2, -0.15) is 0 Å². The standard InChI is InChI=1S/C10H14FN3O2S/c1-6-13-10(12)7(11)3-14(6)8-5-17-9(16-8)4-15-2/h3,8-9H,1,4-5H2,2H3,(H2,12,13)/t8-,9+/m0/s1. The Kier molecular flexibility index (Phi) is 3.70. The van der Waals surface area contributed by atoms with E-state index in [0.29, 0.717) is 18.2 Å². The molecule has 0 spiro atoms. The third-order valence-corrected chi connectivity index (χ3v) is 3.49. The van der Waals surface area contributed by atoms with Gasteiger partial charge in [-0.15, -0.1) is 11.8 Å². The van der Waals surface area contributed by atoms with E-state index >= 15 is 0 Å². The molecule has 7 heteroatoms. The van der Waals surface area contributed by atoms with E-state index in [2.05, 4.69) is 11.6 Å². The Morgan fingerprint density at radius 3 is 3.29 bits per heavy atom. The van der Waals surface area contributed by atoms with Crippen LogP contribution in [-0.2, 0) is 9.47 Å². The highest BCUT2D eigenvalue weighted by atomic mass is 32.2. The fraction of sp³-hybridized carbons (Fsp3) is 0.500. The lowest BCUT2D eigenvalue weighted by Crippen LogP contribution is -2.35. The van der Waals surface area contributed by atoms with Crippen molar-refractivity contribution in [2.45, 2.75) is 11.7 Å². The molecular weight excluding hydrogens is 245 g/mol. The highest BCUT2D eigenvalue weighted by Crippen LogP contribution is 2.31. The summed E-state index contributed by atoms with van der Waals surface area (Å²) in [4.78, 5) is 5.37. The highest BCUT2D eigenvalue weighted by molar-refractivity contribution is 8.00. The fourth-order valence-electron chi connectivity index (χ4n) is 1.58. The molecule has 2 rings (SSSR count). The molecule has 2 aliphatic rings. The molecule has 1 fully saturated rings. The number of nitrogens with two attached hydrogens (primary N) is 1. The number of ether oxygens (including phenoxy) is 2. The Labute approximate surface area is 103 Å². The molecule has 2 aliphatic heterocycles. The molecule has 0 aromatic rings. The quantitative estimate of drug-likeness (QED) is 0.819. The molecule has 17 heavy (non-hydrogen) atoms. The van der Waals surface area contributed by atoms with Crippen LogP contribution in [0, 0.1) is 0 Å². The molecule has 0 radical (unpaired) electrons. The van der Waals surface area contributed by atoms with Crippen molar-refractivity contribution in [1.29, 1.82) is 0 Å².